The van der Waals surface area contributed by atoms with Gasteiger partial charge in [-0.15, -0.1) is 6.42 Å². The maximum atomic E-state index is 5.23. The summed E-state index contributed by atoms with van der Waals surface area (Å²) in [7, 11) is 1.64. The van der Waals surface area contributed by atoms with Crippen molar-refractivity contribution in [2.75, 3.05) is 19.0 Å². The molecule has 0 saturated heterocycles. The van der Waals surface area contributed by atoms with Gasteiger partial charge < -0.3 is 10.1 Å². The summed E-state index contributed by atoms with van der Waals surface area (Å²) < 4.78 is 6.27. The van der Waals surface area contributed by atoms with E-state index >= 15 is 0 Å². The van der Waals surface area contributed by atoms with Crippen LogP contribution < -0.4 is 10.1 Å². The standard InChI is InChI=1S/C11H12BrNO/c1-4-5-13-10-7-9(12)8(2)6-11(10)14-3/h1,6-7,13H,5H2,2-3H3. The molecule has 0 aliphatic carbocycles. The maximum Gasteiger partial charge on any atom is 0.142 e. The molecule has 0 atom stereocenters. The van der Waals surface area contributed by atoms with Gasteiger partial charge in [0, 0.05) is 4.47 Å². The van der Waals surface area contributed by atoms with Crippen LogP contribution in [0.1, 0.15) is 5.56 Å². The summed E-state index contributed by atoms with van der Waals surface area (Å²) in [6.45, 7) is 2.50. The van der Waals surface area contributed by atoms with Crippen molar-refractivity contribution in [1.29, 1.82) is 0 Å². The number of hydrogen-bond acceptors (Lipinski definition) is 2. The van der Waals surface area contributed by atoms with Crippen LogP contribution >= 0.6 is 15.9 Å². The zero-order valence-corrected chi connectivity index (χ0v) is 9.81. The Balaban J connectivity index is 3.02. The van der Waals surface area contributed by atoms with Crippen molar-refractivity contribution >= 4 is 21.6 Å². The molecule has 3 heteroatoms. The molecule has 2 nitrogen and oxygen atoms in total. The average Bonchev–Trinajstić information content (AvgIpc) is 2.19. The molecule has 0 aliphatic heterocycles. The van der Waals surface area contributed by atoms with E-state index in [2.05, 4.69) is 27.2 Å². The third-order valence-electron chi connectivity index (χ3n) is 1.86. The van der Waals surface area contributed by atoms with E-state index in [4.69, 9.17) is 11.2 Å². The molecule has 0 unspecified atom stereocenters. The first-order valence-corrected chi connectivity index (χ1v) is 4.99. The van der Waals surface area contributed by atoms with Crippen LogP contribution in [0.4, 0.5) is 5.69 Å². The number of rotatable bonds is 3. The number of halogens is 1. The molecule has 0 bridgehead atoms. The second-order valence-corrected chi connectivity index (χ2v) is 3.71. The van der Waals surface area contributed by atoms with E-state index in [0.717, 1.165) is 21.5 Å². The molecule has 0 heterocycles. The second-order valence-electron chi connectivity index (χ2n) is 2.86. The van der Waals surface area contributed by atoms with Crippen molar-refractivity contribution in [3.05, 3.63) is 22.2 Å². The Kier molecular flexibility index (Phi) is 3.84. The smallest absolute Gasteiger partial charge is 0.142 e. The minimum atomic E-state index is 0.492. The summed E-state index contributed by atoms with van der Waals surface area (Å²) >= 11 is 3.45. The molecule has 0 spiro atoms. The number of hydrogen-bond donors (Lipinski definition) is 1. The fraction of sp³-hybridized carbons (Fsp3) is 0.273. The Bertz CT molecular complexity index is 368. The predicted molar refractivity (Wildman–Crippen MR) is 62.8 cm³/mol. The van der Waals surface area contributed by atoms with Crippen molar-refractivity contribution < 1.29 is 4.74 Å². The van der Waals surface area contributed by atoms with Gasteiger partial charge in [0.1, 0.15) is 5.75 Å². The fourth-order valence-electron chi connectivity index (χ4n) is 1.11. The topological polar surface area (TPSA) is 21.3 Å². The maximum absolute atomic E-state index is 5.23. The monoisotopic (exact) mass is 253 g/mol. The quantitative estimate of drug-likeness (QED) is 0.837. The van der Waals surface area contributed by atoms with Crippen LogP contribution in [-0.4, -0.2) is 13.7 Å². The lowest BCUT2D eigenvalue weighted by molar-refractivity contribution is 0.416. The van der Waals surface area contributed by atoms with Crippen molar-refractivity contribution in [3.63, 3.8) is 0 Å². The highest BCUT2D eigenvalue weighted by molar-refractivity contribution is 9.10. The highest BCUT2D eigenvalue weighted by Crippen LogP contribution is 2.30. The Morgan fingerprint density at radius 3 is 2.86 bits per heavy atom. The van der Waals surface area contributed by atoms with Gasteiger partial charge in [-0.3, -0.25) is 0 Å². The number of aryl methyl sites for hydroxylation is 1. The van der Waals surface area contributed by atoms with Gasteiger partial charge in [-0.05, 0) is 24.6 Å². The average molecular weight is 254 g/mol. The first-order chi connectivity index (χ1) is 6.69. The SMILES string of the molecule is C#CCNc1cc(Br)c(C)cc1OC. The van der Waals surface area contributed by atoms with Gasteiger partial charge in [0.2, 0.25) is 0 Å². The van der Waals surface area contributed by atoms with Crippen LogP contribution in [0.15, 0.2) is 16.6 Å². The van der Waals surface area contributed by atoms with E-state index in [1.54, 1.807) is 7.11 Å². The summed E-state index contributed by atoms with van der Waals surface area (Å²) in [6.07, 6.45) is 5.17. The van der Waals surface area contributed by atoms with E-state index in [0.29, 0.717) is 6.54 Å². The van der Waals surface area contributed by atoms with Crippen LogP contribution in [0.2, 0.25) is 0 Å². The van der Waals surface area contributed by atoms with Crippen LogP contribution in [0.5, 0.6) is 5.75 Å². The van der Waals surface area contributed by atoms with E-state index in [1.807, 2.05) is 19.1 Å². The largest absolute Gasteiger partial charge is 0.495 e. The number of benzene rings is 1. The third kappa shape index (κ3) is 2.43. The normalized spacial score (nSPS) is 9.29. The summed E-state index contributed by atoms with van der Waals surface area (Å²) in [5, 5.41) is 3.09. The summed E-state index contributed by atoms with van der Waals surface area (Å²) in [4.78, 5) is 0. The van der Waals surface area contributed by atoms with Gasteiger partial charge >= 0.3 is 0 Å². The van der Waals surface area contributed by atoms with Crippen LogP contribution in [0.3, 0.4) is 0 Å². The molecular formula is C11H12BrNO. The molecular weight excluding hydrogens is 242 g/mol. The van der Waals surface area contributed by atoms with Crippen molar-refractivity contribution in [1.82, 2.24) is 0 Å². The molecule has 1 aromatic carbocycles. The van der Waals surface area contributed by atoms with Crippen molar-refractivity contribution in [2.45, 2.75) is 6.92 Å². The summed E-state index contributed by atoms with van der Waals surface area (Å²) in [6, 6.07) is 3.93. The van der Waals surface area contributed by atoms with Gasteiger partial charge in [-0.1, -0.05) is 21.9 Å². The molecule has 0 fully saturated rings. The molecule has 74 valence electrons. The molecule has 0 aliphatic rings. The van der Waals surface area contributed by atoms with Gasteiger partial charge in [0.05, 0.1) is 19.3 Å². The van der Waals surface area contributed by atoms with Crippen LogP contribution in [0.25, 0.3) is 0 Å². The Morgan fingerprint density at radius 2 is 2.29 bits per heavy atom. The number of methoxy groups -OCH3 is 1. The van der Waals surface area contributed by atoms with Gasteiger partial charge in [0.15, 0.2) is 0 Å². The number of nitrogens with one attached hydrogen (secondary N) is 1. The van der Waals surface area contributed by atoms with Crippen molar-refractivity contribution in [3.8, 4) is 18.1 Å². The first-order valence-electron chi connectivity index (χ1n) is 4.20. The van der Waals surface area contributed by atoms with Crippen LogP contribution in [0, 0.1) is 19.3 Å². The molecule has 14 heavy (non-hydrogen) atoms. The molecule has 0 aromatic heterocycles. The number of terminal acetylenes is 1. The van der Waals surface area contributed by atoms with Crippen molar-refractivity contribution in [2.24, 2.45) is 0 Å². The highest BCUT2D eigenvalue weighted by atomic mass is 79.9. The molecule has 1 N–H and O–H groups in total. The zero-order valence-electron chi connectivity index (χ0n) is 8.23. The van der Waals surface area contributed by atoms with E-state index < -0.39 is 0 Å². The second kappa shape index (κ2) is 4.92. The summed E-state index contributed by atoms with van der Waals surface area (Å²) in [5.41, 5.74) is 2.04. The number of ether oxygens (including phenoxy) is 1. The Morgan fingerprint density at radius 1 is 1.57 bits per heavy atom. The van der Waals surface area contributed by atoms with Gasteiger partial charge in [-0.25, -0.2) is 0 Å². The molecule has 0 amide bonds. The lowest BCUT2D eigenvalue weighted by atomic mass is 10.2. The Labute approximate surface area is 92.8 Å². The minimum absolute atomic E-state index is 0.492. The highest BCUT2D eigenvalue weighted by Gasteiger charge is 2.05. The lowest BCUT2D eigenvalue weighted by Crippen LogP contribution is -2.01. The summed E-state index contributed by atoms with van der Waals surface area (Å²) in [5.74, 6) is 3.33. The third-order valence-corrected chi connectivity index (χ3v) is 2.72. The van der Waals surface area contributed by atoms with E-state index in [1.165, 1.54) is 0 Å². The molecule has 1 rings (SSSR count). The van der Waals surface area contributed by atoms with Gasteiger partial charge in [0.25, 0.3) is 0 Å². The fourth-order valence-corrected chi connectivity index (χ4v) is 1.45. The minimum Gasteiger partial charge on any atom is -0.495 e. The van der Waals surface area contributed by atoms with Gasteiger partial charge in [-0.2, -0.15) is 0 Å². The van der Waals surface area contributed by atoms with Crippen LogP contribution in [-0.2, 0) is 0 Å². The predicted octanol–water partition coefficient (Wildman–Crippen LogP) is 2.81. The Hall–Kier alpha value is -1.14. The molecule has 0 saturated carbocycles. The lowest BCUT2D eigenvalue weighted by Gasteiger charge is -2.11. The van der Waals surface area contributed by atoms with E-state index in [-0.39, 0.29) is 0 Å². The molecule has 1 aromatic rings. The number of anilines is 1. The first kappa shape index (κ1) is 10.9. The van der Waals surface area contributed by atoms with E-state index in [9.17, 15) is 0 Å². The molecule has 0 radical (unpaired) electrons. The zero-order chi connectivity index (χ0) is 10.6.